The monoisotopic (exact) mass is 218 g/mol. The summed E-state index contributed by atoms with van der Waals surface area (Å²) in [5, 5.41) is 0. The smallest absolute Gasteiger partial charge is 0.0316 e. The van der Waals surface area contributed by atoms with Crippen LogP contribution >= 0.6 is 0 Å². The second-order valence-corrected chi connectivity index (χ2v) is 4.76. The number of rotatable bonds is 4. The molecule has 1 aliphatic heterocycles. The number of anilines is 1. The number of nitrogen functional groups attached to an aromatic ring is 1. The molecule has 2 heteroatoms. The second-order valence-electron chi connectivity index (χ2n) is 4.76. The largest absolute Gasteiger partial charge is 0.399 e. The van der Waals surface area contributed by atoms with Crippen molar-refractivity contribution in [1.82, 2.24) is 4.90 Å². The SMILES string of the molecule is CCCCCN1CCc2cc(N)ccc2C1. The minimum atomic E-state index is 0.901. The number of hydrogen-bond donors (Lipinski definition) is 1. The van der Waals surface area contributed by atoms with Crippen molar-refractivity contribution < 1.29 is 0 Å². The molecule has 0 unspecified atom stereocenters. The highest BCUT2D eigenvalue weighted by atomic mass is 15.1. The van der Waals surface area contributed by atoms with Crippen molar-refractivity contribution in [2.75, 3.05) is 18.8 Å². The molecule has 0 atom stereocenters. The molecule has 1 heterocycles. The molecule has 0 saturated carbocycles. The highest BCUT2D eigenvalue weighted by Crippen LogP contribution is 2.21. The van der Waals surface area contributed by atoms with Gasteiger partial charge >= 0.3 is 0 Å². The Balaban J connectivity index is 1.93. The summed E-state index contributed by atoms with van der Waals surface area (Å²) in [6.07, 6.45) is 5.15. The Hall–Kier alpha value is -1.02. The van der Waals surface area contributed by atoms with Gasteiger partial charge in [-0.25, -0.2) is 0 Å². The molecule has 2 rings (SSSR count). The van der Waals surface area contributed by atoms with Gasteiger partial charge in [0.25, 0.3) is 0 Å². The Bertz CT molecular complexity index is 347. The molecule has 0 bridgehead atoms. The first-order valence-electron chi connectivity index (χ1n) is 6.39. The minimum absolute atomic E-state index is 0.901. The summed E-state index contributed by atoms with van der Waals surface area (Å²) in [6.45, 7) is 5.81. The summed E-state index contributed by atoms with van der Waals surface area (Å²) in [5.41, 5.74) is 9.62. The Morgan fingerprint density at radius 2 is 2.12 bits per heavy atom. The van der Waals surface area contributed by atoms with E-state index in [-0.39, 0.29) is 0 Å². The van der Waals surface area contributed by atoms with Crippen LogP contribution in [0.4, 0.5) is 5.69 Å². The summed E-state index contributed by atoms with van der Waals surface area (Å²) in [5.74, 6) is 0. The van der Waals surface area contributed by atoms with E-state index in [2.05, 4.69) is 24.0 Å². The van der Waals surface area contributed by atoms with Crippen molar-refractivity contribution in [2.45, 2.75) is 39.2 Å². The van der Waals surface area contributed by atoms with Crippen molar-refractivity contribution in [3.63, 3.8) is 0 Å². The molecule has 0 aromatic heterocycles. The fourth-order valence-electron chi connectivity index (χ4n) is 2.41. The van der Waals surface area contributed by atoms with Crippen LogP contribution in [0.2, 0.25) is 0 Å². The molecule has 0 saturated heterocycles. The van der Waals surface area contributed by atoms with E-state index in [0.29, 0.717) is 0 Å². The normalized spacial score (nSPS) is 16.1. The standard InChI is InChI=1S/C14H22N2/c1-2-3-4-8-16-9-7-12-10-14(15)6-5-13(12)11-16/h5-6,10H,2-4,7-9,11,15H2,1H3. The predicted molar refractivity (Wildman–Crippen MR) is 69.4 cm³/mol. The zero-order valence-electron chi connectivity index (χ0n) is 10.2. The molecule has 2 N–H and O–H groups in total. The van der Waals surface area contributed by atoms with E-state index >= 15 is 0 Å². The van der Waals surface area contributed by atoms with Crippen molar-refractivity contribution in [2.24, 2.45) is 0 Å². The number of hydrogen-bond acceptors (Lipinski definition) is 2. The van der Waals surface area contributed by atoms with E-state index in [9.17, 15) is 0 Å². The van der Waals surface area contributed by atoms with Crippen molar-refractivity contribution in [3.8, 4) is 0 Å². The van der Waals surface area contributed by atoms with E-state index < -0.39 is 0 Å². The maximum atomic E-state index is 5.80. The third-order valence-electron chi connectivity index (χ3n) is 3.40. The first-order chi connectivity index (χ1) is 7.79. The van der Waals surface area contributed by atoms with Crippen LogP contribution < -0.4 is 5.73 Å². The van der Waals surface area contributed by atoms with E-state index in [1.54, 1.807) is 0 Å². The number of fused-ring (bicyclic) bond motifs is 1. The van der Waals surface area contributed by atoms with E-state index in [4.69, 9.17) is 5.73 Å². The molecule has 1 aliphatic rings. The molecule has 1 aromatic carbocycles. The molecule has 0 fully saturated rings. The molecule has 1 aromatic rings. The third kappa shape index (κ3) is 2.76. The van der Waals surface area contributed by atoms with Gasteiger partial charge in [-0.1, -0.05) is 25.8 Å². The molecular formula is C14H22N2. The van der Waals surface area contributed by atoms with Crippen molar-refractivity contribution >= 4 is 5.69 Å². The number of benzene rings is 1. The van der Waals surface area contributed by atoms with Gasteiger partial charge < -0.3 is 5.73 Å². The van der Waals surface area contributed by atoms with Crippen molar-refractivity contribution in [1.29, 1.82) is 0 Å². The van der Waals surface area contributed by atoms with Gasteiger partial charge in [0.1, 0.15) is 0 Å². The molecule has 0 radical (unpaired) electrons. The maximum absolute atomic E-state index is 5.80. The van der Waals surface area contributed by atoms with Gasteiger partial charge in [0.15, 0.2) is 0 Å². The number of unbranched alkanes of at least 4 members (excludes halogenated alkanes) is 2. The van der Waals surface area contributed by atoms with E-state index in [1.165, 1.54) is 43.5 Å². The zero-order valence-corrected chi connectivity index (χ0v) is 10.2. The highest BCUT2D eigenvalue weighted by molar-refractivity contribution is 5.45. The average molecular weight is 218 g/mol. The Labute approximate surface area is 98.4 Å². The molecule has 0 aliphatic carbocycles. The Morgan fingerprint density at radius 3 is 2.94 bits per heavy atom. The molecule has 88 valence electrons. The van der Waals surface area contributed by atoms with Gasteiger partial charge in [0.2, 0.25) is 0 Å². The van der Waals surface area contributed by atoms with Gasteiger partial charge in [-0.05, 0) is 42.6 Å². The molecule has 0 amide bonds. The summed E-state index contributed by atoms with van der Waals surface area (Å²) < 4.78 is 0. The van der Waals surface area contributed by atoms with Gasteiger partial charge in [-0.3, -0.25) is 4.90 Å². The van der Waals surface area contributed by atoms with E-state index in [1.807, 2.05) is 6.07 Å². The minimum Gasteiger partial charge on any atom is -0.399 e. The van der Waals surface area contributed by atoms with Crippen LogP contribution in [0.15, 0.2) is 18.2 Å². The van der Waals surface area contributed by atoms with Gasteiger partial charge in [0, 0.05) is 18.8 Å². The van der Waals surface area contributed by atoms with Crippen LogP contribution in [0.3, 0.4) is 0 Å². The number of nitrogens with two attached hydrogens (primary N) is 1. The van der Waals surface area contributed by atoms with Gasteiger partial charge in [0.05, 0.1) is 0 Å². The lowest BCUT2D eigenvalue weighted by molar-refractivity contribution is 0.249. The molecule has 0 spiro atoms. The molecular weight excluding hydrogens is 196 g/mol. The number of nitrogens with zero attached hydrogens (tertiary/aromatic N) is 1. The topological polar surface area (TPSA) is 29.3 Å². The van der Waals surface area contributed by atoms with Crippen LogP contribution in [0.5, 0.6) is 0 Å². The quantitative estimate of drug-likeness (QED) is 0.622. The van der Waals surface area contributed by atoms with Crippen LogP contribution in [0.25, 0.3) is 0 Å². The van der Waals surface area contributed by atoms with Gasteiger partial charge in [-0.2, -0.15) is 0 Å². The van der Waals surface area contributed by atoms with Crippen LogP contribution in [-0.2, 0) is 13.0 Å². The summed E-state index contributed by atoms with van der Waals surface area (Å²) in [6, 6.07) is 6.35. The summed E-state index contributed by atoms with van der Waals surface area (Å²) >= 11 is 0. The first kappa shape index (κ1) is 11.5. The van der Waals surface area contributed by atoms with Crippen LogP contribution in [-0.4, -0.2) is 18.0 Å². The Kier molecular flexibility index (Phi) is 3.83. The summed E-state index contributed by atoms with van der Waals surface area (Å²) in [7, 11) is 0. The molecule has 16 heavy (non-hydrogen) atoms. The molecule has 2 nitrogen and oxygen atoms in total. The lowest BCUT2D eigenvalue weighted by Crippen LogP contribution is -2.31. The Morgan fingerprint density at radius 1 is 1.25 bits per heavy atom. The first-order valence-corrected chi connectivity index (χ1v) is 6.39. The van der Waals surface area contributed by atoms with Crippen molar-refractivity contribution in [3.05, 3.63) is 29.3 Å². The summed E-state index contributed by atoms with van der Waals surface area (Å²) in [4.78, 5) is 2.56. The van der Waals surface area contributed by atoms with Gasteiger partial charge in [-0.15, -0.1) is 0 Å². The fraction of sp³-hybridized carbons (Fsp3) is 0.571. The predicted octanol–water partition coefficient (Wildman–Crippen LogP) is 2.82. The van der Waals surface area contributed by atoms with Crippen LogP contribution in [0, 0.1) is 0 Å². The fourth-order valence-corrected chi connectivity index (χ4v) is 2.41. The second kappa shape index (κ2) is 5.35. The average Bonchev–Trinajstić information content (AvgIpc) is 2.29. The zero-order chi connectivity index (χ0) is 11.4. The maximum Gasteiger partial charge on any atom is 0.0316 e. The van der Waals surface area contributed by atoms with E-state index in [0.717, 1.165) is 18.7 Å². The third-order valence-corrected chi connectivity index (χ3v) is 3.40. The lowest BCUT2D eigenvalue weighted by atomic mass is 9.99. The van der Waals surface area contributed by atoms with Crippen LogP contribution in [0.1, 0.15) is 37.3 Å². The highest BCUT2D eigenvalue weighted by Gasteiger charge is 2.15. The lowest BCUT2D eigenvalue weighted by Gasteiger charge is -2.28.